The van der Waals surface area contributed by atoms with Crippen LogP contribution < -0.4 is 0 Å². The molecular formula is C25H31N5O3. The third-order valence-corrected chi connectivity index (χ3v) is 6.90. The Morgan fingerprint density at radius 1 is 1.03 bits per heavy atom. The van der Waals surface area contributed by atoms with Crippen molar-refractivity contribution in [3.63, 3.8) is 0 Å². The van der Waals surface area contributed by atoms with Crippen LogP contribution in [-0.4, -0.2) is 69.2 Å². The van der Waals surface area contributed by atoms with Crippen LogP contribution in [0.4, 0.5) is 0 Å². The van der Waals surface area contributed by atoms with E-state index in [0.717, 1.165) is 29.6 Å². The van der Waals surface area contributed by atoms with E-state index in [1.54, 1.807) is 0 Å². The number of aromatic nitrogens is 3. The van der Waals surface area contributed by atoms with Gasteiger partial charge in [-0.15, -0.1) is 0 Å². The number of ether oxygens (including phenoxy) is 1. The molecule has 1 saturated heterocycles. The number of amides is 2. The van der Waals surface area contributed by atoms with Crippen molar-refractivity contribution in [2.75, 3.05) is 32.8 Å². The highest BCUT2D eigenvalue weighted by Gasteiger charge is 2.27. The maximum Gasteiger partial charge on any atom is 0.223 e. The maximum atomic E-state index is 13.0. The molecule has 0 unspecified atom stereocenters. The van der Waals surface area contributed by atoms with Gasteiger partial charge in [-0.25, -0.2) is 0 Å². The zero-order valence-corrected chi connectivity index (χ0v) is 19.2. The SMILES string of the molecule is Cn1nc(CCC(=O)N2CCOCC2)c2c1CCN(C(=O)CCc1c[nH]c3ccccc13)C2. The largest absolute Gasteiger partial charge is 0.378 e. The number of para-hydroxylation sites is 1. The molecule has 0 atom stereocenters. The van der Waals surface area contributed by atoms with E-state index in [9.17, 15) is 9.59 Å². The van der Waals surface area contributed by atoms with E-state index < -0.39 is 0 Å². The summed E-state index contributed by atoms with van der Waals surface area (Å²) in [5.41, 5.74) is 5.54. The van der Waals surface area contributed by atoms with Crippen LogP contribution in [0.3, 0.4) is 0 Å². The Morgan fingerprint density at radius 3 is 2.64 bits per heavy atom. The first kappa shape index (κ1) is 21.7. The lowest BCUT2D eigenvalue weighted by Gasteiger charge is -2.28. The van der Waals surface area contributed by atoms with Gasteiger partial charge in [0.15, 0.2) is 0 Å². The fraction of sp³-hybridized carbons (Fsp3) is 0.480. The molecule has 2 aromatic heterocycles. The van der Waals surface area contributed by atoms with E-state index in [1.165, 1.54) is 16.6 Å². The Bertz CT molecular complexity index is 1160. The highest BCUT2D eigenvalue weighted by atomic mass is 16.5. The summed E-state index contributed by atoms with van der Waals surface area (Å²) in [7, 11) is 1.96. The number of fused-ring (bicyclic) bond motifs is 2. The summed E-state index contributed by atoms with van der Waals surface area (Å²) >= 11 is 0. The van der Waals surface area contributed by atoms with E-state index in [4.69, 9.17) is 9.84 Å². The lowest BCUT2D eigenvalue weighted by atomic mass is 10.0. The summed E-state index contributed by atoms with van der Waals surface area (Å²) in [5.74, 6) is 0.324. The first-order chi connectivity index (χ1) is 16.1. The summed E-state index contributed by atoms with van der Waals surface area (Å²) < 4.78 is 7.27. The lowest BCUT2D eigenvalue weighted by molar-refractivity contribution is -0.135. The molecule has 8 nitrogen and oxygen atoms in total. The van der Waals surface area contributed by atoms with Gasteiger partial charge in [-0.05, 0) is 18.1 Å². The number of aryl methyl sites for hydroxylation is 3. The Labute approximate surface area is 193 Å². The van der Waals surface area contributed by atoms with Crippen molar-refractivity contribution in [1.82, 2.24) is 24.6 Å². The van der Waals surface area contributed by atoms with Crippen LogP contribution in [0.2, 0.25) is 0 Å². The van der Waals surface area contributed by atoms with Crippen LogP contribution >= 0.6 is 0 Å². The molecular weight excluding hydrogens is 418 g/mol. The number of aromatic amines is 1. The van der Waals surface area contributed by atoms with E-state index in [1.807, 2.05) is 39.9 Å². The predicted octanol–water partition coefficient (Wildman–Crippen LogP) is 2.21. The second kappa shape index (κ2) is 9.39. The van der Waals surface area contributed by atoms with E-state index in [0.29, 0.717) is 58.7 Å². The van der Waals surface area contributed by atoms with Crippen molar-refractivity contribution < 1.29 is 14.3 Å². The number of benzene rings is 1. The van der Waals surface area contributed by atoms with Gasteiger partial charge in [0.25, 0.3) is 0 Å². The van der Waals surface area contributed by atoms with Gasteiger partial charge in [0.2, 0.25) is 11.8 Å². The smallest absolute Gasteiger partial charge is 0.223 e. The van der Waals surface area contributed by atoms with Crippen LogP contribution in [0.5, 0.6) is 0 Å². The molecule has 0 radical (unpaired) electrons. The normalized spacial score (nSPS) is 16.3. The summed E-state index contributed by atoms with van der Waals surface area (Å²) in [4.78, 5) is 32.7. The van der Waals surface area contributed by atoms with Gasteiger partial charge in [-0.2, -0.15) is 5.10 Å². The van der Waals surface area contributed by atoms with Crippen molar-refractivity contribution >= 4 is 22.7 Å². The van der Waals surface area contributed by atoms with E-state index in [2.05, 4.69) is 17.1 Å². The molecule has 2 amide bonds. The van der Waals surface area contributed by atoms with Crippen LogP contribution in [0.15, 0.2) is 30.5 Å². The van der Waals surface area contributed by atoms with Gasteiger partial charge in [0, 0.05) is 87.3 Å². The van der Waals surface area contributed by atoms with Crippen molar-refractivity contribution in [3.8, 4) is 0 Å². The average molecular weight is 450 g/mol. The molecule has 33 heavy (non-hydrogen) atoms. The summed E-state index contributed by atoms with van der Waals surface area (Å²) in [6.07, 6.45) is 5.07. The van der Waals surface area contributed by atoms with Gasteiger partial charge >= 0.3 is 0 Å². The maximum absolute atomic E-state index is 13.0. The third-order valence-electron chi connectivity index (χ3n) is 6.90. The number of H-pyrrole nitrogens is 1. The Morgan fingerprint density at radius 2 is 1.79 bits per heavy atom. The Hall–Kier alpha value is -3.13. The Kier molecular flexibility index (Phi) is 6.17. The molecule has 0 aliphatic carbocycles. The molecule has 0 saturated carbocycles. The zero-order valence-electron chi connectivity index (χ0n) is 19.2. The topological polar surface area (TPSA) is 83.5 Å². The molecule has 1 aromatic carbocycles. The summed E-state index contributed by atoms with van der Waals surface area (Å²) in [5, 5.41) is 5.89. The average Bonchev–Trinajstić information content (AvgIpc) is 3.42. The van der Waals surface area contributed by atoms with Gasteiger partial charge in [-0.1, -0.05) is 18.2 Å². The molecule has 4 heterocycles. The van der Waals surface area contributed by atoms with Crippen LogP contribution in [-0.2, 0) is 47.2 Å². The quantitative estimate of drug-likeness (QED) is 0.626. The molecule has 2 aliphatic rings. The first-order valence-electron chi connectivity index (χ1n) is 11.8. The number of hydrogen-bond acceptors (Lipinski definition) is 4. The molecule has 1 fully saturated rings. The predicted molar refractivity (Wildman–Crippen MR) is 125 cm³/mol. The van der Waals surface area contributed by atoms with Gasteiger partial charge in [0.1, 0.15) is 0 Å². The van der Waals surface area contributed by atoms with Crippen molar-refractivity contribution in [1.29, 1.82) is 0 Å². The molecule has 5 rings (SSSR count). The summed E-state index contributed by atoms with van der Waals surface area (Å²) in [6.45, 7) is 3.85. The van der Waals surface area contributed by atoms with Gasteiger partial charge in [-0.3, -0.25) is 14.3 Å². The number of rotatable bonds is 6. The fourth-order valence-corrected chi connectivity index (χ4v) is 5.02. The zero-order chi connectivity index (χ0) is 22.8. The van der Waals surface area contributed by atoms with E-state index >= 15 is 0 Å². The fourth-order valence-electron chi connectivity index (χ4n) is 5.02. The van der Waals surface area contributed by atoms with Crippen molar-refractivity contribution in [2.45, 2.75) is 38.6 Å². The van der Waals surface area contributed by atoms with E-state index in [-0.39, 0.29) is 11.8 Å². The number of nitrogens with one attached hydrogen (secondary N) is 1. The third kappa shape index (κ3) is 4.53. The Balaban J connectivity index is 1.21. The highest BCUT2D eigenvalue weighted by molar-refractivity contribution is 5.84. The van der Waals surface area contributed by atoms with Crippen molar-refractivity contribution in [2.24, 2.45) is 7.05 Å². The minimum Gasteiger partial charge on any atom is -0.378 e. The molecule has 8 heteroatoms. The minimum absolute atomic E-state index is 0.153. The van der Waals surface area contributed by atoms with Crippen LogP contribution in [0, 0.1) is 0 Å². The number of hydrogen-bond donors (Lipinski definition) is 1. The van der Waals surface area contributed by atoms with Crippen LogP contribution in [0.25, 0.3) is 10.9 Å². The first-order valence-corrected chi connectivity index (χ1v) is 11.8. The van der Waals surface area contributed by atoms with Crippen molar-refractivity contribution in [3.05, 3.63) is 53.0 Å². The highest BCUT2D eigenvalue weighted by Crippen LogP contribution is 2.25. The lowest BCUT2D eigenvalue weighted by Crippen LogP contribution is -2.40. The monoisotopic (exact) mass is 449 g/mol. The number of morpholine rings is 1. The minimum atomic E-state index is 0.153. The van der Waals surface area contributed by atoms with Gasteiger partial charge < -0.3 is 19.5 Å². The number of nitrogens with zero attached hydrogens (tertiary/aromatic N) is 4. The second-order valence-electron chi connectivity index (χ2n) is 8.91. The number of carbonyl (C=O) groups excluding carboxylic acids is 2. The summed E-state index contributed by atoms with van der Waals surface area (Å²) in [6, 6.07) is 8.19. The molecule has 0 spiro atoms. The van der Waals surface area contributed by atoms with Gasteiger partial charge in [0.05, 0.1) is 18.9 Å². The van der Waals surface area contributed by atoms with Crippen LogP contribution in [0.1, 0.15) is 35.4 Å². The molecule has 1 N–H and O–H groups in total. The standard InChI is InChI=1S/C25H31N5O3/c1-28-23-10-11-30(25(32)8-6-18-16-26-21-5-3-2-4-19(18)21)17-20(23)22(27-28)7-9-24(31)29-12-14-33-15-13-29/h2-5,16,26H,6-15,17H2,1H3. The molecule has 0 bridgehead atoms. The number of carbonyl (C=O) groups is 2. The molecule has 174 valence electrons. The molecule has 2 aliphatic heterocycles. The molecule has 3 aromatic rings. The second-order valence-corrected chi connectivity index (χ2v) is 8.91.